The first-order valence-electron chi connectivity index (χ1n) is 10.9. The van der Waals surface area contributed by atoms with Gasteiger partial charge in [-0.1, -0.05) is 22.0 Å². The first-order chi connectivity index (χ1) is 17.0. The maximum absolute atomic E-state index is 14.6. The number of hydrogen-bond donors (Lipinski definition) is 1. The highest BCUT2D eigenvalue weighted by molar-refractivity contribution is 9.10. The Balaban J connectivity index is 1.91. The smallest absolute Gasteiger partial charge is 0.337 e. The quantitative estimate of drug-likeness (QED) is 0.391. The first-order valence-corrected chi connectivity index (χ1v) is 13.6. The summed E-state index contributed by atoms with van der Waals surface area (Å²) in [5, 5.41) is 2.83. The van der Waals surface area contributed by atoms with Crippen molar-refractivity contribution in [1.82, 2.24) is 13.7 Å². The van der Waals surface area contributed by atoms with E-state index >= 15 is 0 Å². The summed E-state index contributed by atoms with van der Waals surface area (Å²) < 4.78 is 42.9. The zero-order valence-electron chi connectivity index (χ0n) is 19.2. The fraction of sp³-hybridized carbons (Fsp3) is 0.208. The molecule has 186 valence electrons. The lowest BCUT2D eigenvalue weighted by Crippen LogP contribution is -2.41. The lowest BCUT2D eigenvalue weighted by molar-refractivity contribution is 0.601. The number of sulfone groups is 1. The number of halogens is 2. The van der Waals surface area contributed by atoms with Crippen LogP contribution in [0.1, 0.15) is 18.9 Å². The van der Waals surface area contributed by atoms with Crippen LogP contribution >= 0.6 is 15.9 Å². The number of pyridine rings is 1. The second kappa shape index (κ2) is 8.56. The number of aromatic nitrogens is 3. The molecule has 0 atom stereocenters. The van der Waals surface area contributed by atoms with E-state index in [1.54, 1.807) is 6.07 Å². The Bertz CT molecular complexity index is 1860. The van der Waals surface area contributed by atoms with E-state index in [0.717, 1.165) is 20.0 Å². The molecule has 9 nitrogen and oxygen atoms in total. The summed E-state index contributed by atoms with van der Waals surface area (Å²) in [5.74, 6) is -0.616. The van der Waals surface area contributed by atoms with Crippen molar-refractivity contribution in [3.05, 3.63) is 90.0 Å². The molecule has 1 fully saturated rings. The maximum Gasteiger partial charge on any atom is 0.337 e. The molecule has 2 aromatic heterocycles. The number of anilines is 2. The van der Waals surface area contributed by atoms with Crippen LogP contribution in [-0.2, 0) is 16.9 Å². The predicted octanol–water partition coefficient (Wildman–Crippen LogP) is 3.23. The molecule has 0 unspecified atom stereocenters. The second-order valence-electron chi connectivity index (χ2n) is 8.70. The van der Waals surface area contributed by atoms with Crippen LogP contribution < -0.4 is 22.1 Å². The van der Waals surface area contributed by atoms with Crippen LogP contribution in [0.4, 0.5) is 15.8 Å². The molecule has 2 aromatic carbocycles. The van der Waals surface area contributed by atoms with E-state index in [-0.39, 0.29) is 39.0 Å². The minimum Gasteiger partial charge on any atom is -0.352 e. The molecule has 1 N–H and O–H groups in total. The molecular weight excluding hydrogens is 555 g/mol. The van der Waals surface area contributed by atoms with Crippen molar-refractivity contribution >= 4 is 48.2 Å². The van der Waals surface area contributed by atoms with Crippen molar-refractivity contribution in [2.24, 2.45) is 7.05 Å². The number of aryl methyl sites for hydroxylation is 1. The predicted molar refractivity (Wildman–Crippen MR) is 138 cm³/mol. The summed E-state index contributed by atoms with van der Waals surface area (Å²) in [5.41, 5.74) is -1.68. The van der Waals surface area contributed by atoms with E-state index in [1.807, 2.05) is 0 Å². The van der Waals surface area contributed by atoms with Gasteiger partial charge in [0.1, 0.15) is 16.9 Å². The van der Waals surface area contributed by atoms with Crippen molar-refractivity contribution in [3.8, 4) is 5.69 Å². The van der Waals surface area contributed by atoms with Gasteiger partial charge in [-0.15, -0.1) is 0 Å². The van der Waals surface area contributed by atoms with E-state index in [4.69, 9.17) is 0 Å². The molecule has 0 amide bonds. The van der Waals surface area contributed by atoms with Gasteiger partial charge in [0.15, 0.2) is 9.84 Å². The van der Waals surface area contributed by atoms with Gasteiger partial charge in [0.05, 0.1) is 22.0 Å². The van der Waals surface area contributed by atoms with Crippen LogP contribution in [0.3, 0.4) is 0 Å². The number of nitrogens with one attached hydrogen (secondary N) is 1. The Morgan fingerprint density at radius 3 is 2.39 bits per heavy atom. The highest BCUT2D eigenvalue weighted by Gasteiger charge is 2.31. The average molecular weight is 575 g/mol. The molecule has 1 aliphatic rings. The topological polar surface area (TPSA) is 112 Å². The summed E-state index contributed by atoms with van der Waals surface area (Å²) >= 11 is 3.19. The zero-order chi connectivity index (χ0) is 25.9. The van der Waals surface area contributed by atoms with Gasteiger partial charge in [-0.05, 0) is 49.2 Å². The zero-order valence-corrected chi connectivity index (χ0v) is 21.6. The van der Waals surface area contributed by atoms with E-state index < -0.39 is 32.5 Å². The lowest BCUT2D eigenvalue weighted by atomic mass is 10.2. The lowest BCUT2D eigenvalue weighted by Gasteiger charge is -2.19. The molecule has 4 aromatic rings. The third-order valence-electron chi connectivity index (χ3n) is 6.07. The number of benzene rings is 2. The molecule has 0 bridgehead atoms. The summed E-state index contributed by atoms with van der Waals surface area (Å²) in [6, 6.07) is 10.8. The van der Waals surface area contributed by atoms with E-state index in [1.165, 1.54) is 49.5 Å². The van der Waals surface area contributed by atoms with Gasteiger partial charge < -0.3 is 5.32 Å². The average Bonchev–Trinajstić information content (AvgIpc) is 3.63. The van der Waals surface area contributed by atoms with E-state index in [0.29, 0.717) is 17.3 Å². The highest BCUT2D eigenvalue weighted by Crippen LogP contribution is 2.34. The second-order valence-corrected chi connectivity index (χ2v) is 11.6. The maximum atomic E-state index is 14.6. The Morgan fingerprint density at radius 1 is 1.03 bits per heavy atom. The molecule has 5 rings (SSSR count). The van der Waals surface area contributed by atoms with Crippen LogP contribution in [0.2, 0.25) is 0 Å². The molecule has 1 saturated carbocycles. The minimum atomic E-state index is -3.61. The number of nitrogens with zero attached hydrogens (tertiary/aromatic N) is 3. The monoisotopic (exact) mass is 574 g/mol. The molecule has 1 aliphatic carbocycles. The van der Waals surface area contributed by atoms with Crippen molar-refractivity contribution in [2.75, 3.05) is 11.6 Å². The van der Waals surface area contributed by atoms with Crippen LogP contribution in [0, 0.1) is 5.82 Å². The molecule has 2 heterocycles. The summed E-state index contributed by atoms with van der Waals surface area (Å²) in [4.78, 5) is 40.2. The van der Waals surface area contributed by atoms with Crippen molar-refractivity contribution in [1.29, 1.82) is 0 Å². The standard InChI is InChI=1S/C24H20BrFN4O5S/c1-28-20(31)12-19(27-18-9-6-13(25)10-17(18)26)21-22(28)29(24(33)30(23(21)32)14-7-8-14)15-4-3-5-16(11-15)36(2,34)35/h3-6,9-12,14,27H,7-8H2,1-2H3. The molecule has 0 radical (unpaired) electrons. The van der Waals surface area contributed by atoms with E-state index in [9.17, 15) is 27.2 Å². The fourth-order valence-corrected chi connectivity index (χ4v) is 5.13. The van der Waals surface area contributed by atoms with E-state index in [2.05, 4.69) is 21.2 Å². The number of hydrogen-bond acceptors (Lipinski definition) is 6. The van der Waals surface area contributed by atoms with Gasteiger partial charge in [0.25, 0.3) is 11.1 Å². The molecular formula is C24H20BrFN4O5S. The van der Waals surface area contributed by atoms with Crippen molar-refractivity contribution < 1.29 is 12.8 Å². The van der Waals surface area contributed by atoms with Gasteiger partial charge in [-0.2, -0.15) is 0 Å². The molecule has 0 spiro atoms. The molecule has 0 aliphatic heterocycles. The van der Waals surface area contributed by atoms with Gasteiger partial charge in [0, 0.05) is 29.9 Å². The van der Waals surface area contributed by atoms with Crippen LogP contribution in [0.15, 0.2) is 72.3 Å². The summed E-state index contributed by atoms with van der Waals surface area (Å²) in [6.07, 6.45) is 2.29. The van der Waals surface area contributed by atoms with Crippen LogP contribution in [0.5, 0.6) is 0 Å². The van der Waals surface area contributed by atoms with Gasteiger partial charge in [-0.3, -0.25) is 18.7 Å². The van der Waals surface area contributed by atoms with Gasteiger partial charge in [0.2, 0.25) is 0 Å². The molecule has 36 heavy (non-hydrogen) atoms. The van der Waals surface area contributed by atoms with Crippen LogP contribution in [0.25, 0.3) is 16.7 Å². The third kappa shape index (κ3) is 4.09. The van der Waals surface area contributed by atoms with Gasteiger partial charge in [-0.25, -0.2) is 22.2 Å². The summed E-state index contributed by atoms with van der Waals surface area (Å²) in [6.45, 7) is 0. The van der Waals surface area contributed by atoms with Crippen LogP contribution in [-0.4, -0.2) is 28.4 Å². The largest absolute Gasteiger partial charge is 0.352 e. The Labute approximate surface area is 212 Å². The fourth-order valence-electron chi connectivity index (χ4n) is 4.14. The Kier molecular flexibility index (Phi) is 5.75. The van der Waals surface area contributed by atoms with Crippen molar-refractivity contribution in [2.45, 2.75) is 23.8 Å². The summed E-state index contributed by atoms with van der Waals surface area (Å²) in [7, 11) is -2.20. The highest BCUT2D eigenvalue weighted by atomic mass is 79.9. The number of rotatable bonds is 5. The first kappa shape index (κ1) is 24.2. The number of fused-ring (bicyclic) bond motifs is 1. The van der Waals surface area contributed by atoms with Crippen molar-refractivity contribution in [3.63, 3.8) is 0 Å². The molecule has 0 saturated heterocycles. The Morgan fingerprint density at radius 2 is 1.75 bits per heavy atom. The third-order valence-corrected chi connectivity index (χ3v) is 7.67. The Hall–Kier alpha value is -3.51. The SMILES string of the molecule is Cn1c(=O)cc(Nc2ccc(Br)cc2F)c2c(=O)n(C3CC3)c(=O)n(-c3cccc(S(C)(=O)=O)c3)c21. The molecule has 12 heteroatoms. The van der Waals surface area contributed by atoms with Gasteiger partial charge >= 0.3 is 5.69 Å². The normalized spacial score (nSPS) is 13.8. The minimum absolute atomic E-state index is 0.00400.